The molecular weight excluding hydrogens is 136 g/mol. The van der Waals surface area contributed by atoms with Gasteiger partial charge in [0, 0.05) is 6.61 Å². The van der Waals surface area contributed by atoms with Gasteiger partial charge < -0.3 is 5.11 Å². The maximum absolute atomic E-state index is 8.80. The smallest absolute Gasteiger partial charge is 0.0459 e. The minimum Gasteiger partial charge on any atom is -0.396 e. The first kappa shape index (κ1) is 10.4. The Labute approximate surface area is 69.4 Å². The van der Waals surface area contributed by atoms with E-state index in [1.54, 1.807) is 0 Å². The zero-order chi connectivity index (χ0) is 8.69. The van der Waals surface area contributed by atoms with E-state index >= 15 is 0 Å². The Hall–Kier alpha value is -0.560. The number of aliphatic hydroxyl groups is 1. The Kier molecular flexibility index (Phi) is 5.86. The first-order chi connectivity index (χ1) is 5.24. The van der Waals surface area contributed by atoms with Gasteiger partial charge in [-0.3, -0.25) is 0 Å². The molecule has 1 atom stereocenters. The van der Waals surface area contributed by atoms with Gasteiger partial charge in [-0.2, -0.15) is 0 Å². The molecular formula is C10H18O. The Morgan fingerprint density at radius 2 is 2.09 bits per heavy atom. The first-order valence-corrected chi connectivity index (χ1v) is 4.13. The molecule has 0 radical (unpaired) electrons. The molecule has 0 fully saturated rings. The quantitative estimate of drug-likeness (QED) is 0.617. The standard InChI is InChI=1S/C10H18O/c1-4-6-10(5-2)7-9(3)8-11/h4-6,9,11H,7-8H2,1-3H3/b6-4-,10-5+. The molecule has 0 aliphatic carbocycles. The Balaban J connectivity index is 3.89. The van der Waals surface area contributed by atoms with Crippen LogP contribution in [0.5, 0.6) is 0 Å². The second-order valence-corrected chi connectivity index (χ2v) is 2.86. The van der Waals surface area contributed by atoms with Crippen LogP contribution in [0.3, 0.4) is 0 Å². The summed E-state index contributed by atoms with van der Waals surface area (Å²) < 4.78 is 0. The van der Waals surface area contributed by atoms with Crippen LogP contribution in [0.4, 0.5) is 0 Å². The van der Waals surface area contributed by atoms with Crippen LogP contribution in [0, 0.1) is 5.92 Å². The molecule has 0 bridgehead atoms. The Morgan fingerprint density at radius 3 is 2.45 bits per heavy atom. The van der Waals surface area contributed by atoms with Crippen molar-refractivity contribution in [3.05, 3.63) is 23.8 Å². The second-order valence-electron chi connectivity index (χ2n) is 2.86. The average Bonchev–Trinajstić information content (AvgIpc) is 2.03. The maximum Gasteiger partial charge on any atom is 0.0459 e. The molecule has 0 aromatic rings. The molecule has 0 spiro atoms. The fourth-order valence-electron chi connectivity index (χ4n) is 0.963. The van der Waals surface area contributed by atoms with Gasteiger partial charge in [0.15, 0.2) is 0 Å². The lowest BCUT2D eigenvalue weighted by Gasteiger charge is -2.07. The van der Waals surface area contributed by atoms with E-state index in [2.05, 4.69) is 12.2 Å². The molecule has 0 aromatic heterocycles. The minimum absolute atomic E-state index is 0.273. The normalized spacial score (nSPS) is 15.8. The molecule has 0 heterocycles. The fraction of sp³-hybridized carbons (Fsp3) is 0.600. The van der Waals surface area contributed by atoms with Crippen molar-refractivity contribution in [3.8, 4) is 0 Å². The zero-order valence-electron chi connectivity index (χ0n) is 7.67. The van der Waals surface area contributed by atoms with Crippen molar-refractivity contribution >= 4 is 0 Å². The van der Waals surface area contributed by atoms with E-state index in [9.17, 15) is 0 Å². The van der Waals surface area contributed by atoms with Crippen LogP contribution in [-0.2, 0) is 0 Å². The monoisotopic (exact) mass is 154 g/mol. The number of aliphatic hydroxyl groups excluding tert-OH is 1. The minimum atomic E-state index is 0.273. The molecule has 0 aliphatic heterocycles. The molecule has 0 aliphatic rings. The third-order valence-corrected chi connectivity index (χ3v) is 1.65. The lowest BCUT2D eigenvalue weighted by atomic mass is 10.0. The van der Waals surface area contributed by atoms with Gasteiger partial charge >= 0.3 is 0 Å². The van der Waals surface area contributed by atoms with E-state index in [0.717, 1.165) is 6.42 Å². The molecule has 1 heteroatoms. The van der Waals surface area contributed by atoms with E-state index in [4.69, 9.17) is 5.11 Å². The number of hydrogen-bond acceptors (Lipinski definition) is 1. The second kappa shape index (κ2) is 6.17. The van der Waals surface area contributed by atoms with Crippen LogP contribution in [0.1, 0.15) is 27.2 Å². The lowest BCUT2D eigenvalue weighted by Crippen LogP contribution is -2.00. The van der Waals surface area contributed by atoms with Crippen molar-refractivity contribution in [1.29, 1.82) is 0 Å². The van der Waals surface area contributed by atoms with Crippen molar-refractivity contribution in [1.82, 2.24) is 0 Å². The molecule has 0 saturated heterocycles. The third kappa shape index (κ3) is 4.79. The summed E-state index contributed by atoms with van der Waals surface area (Å²) in [5, 5.41) is 8.80. The molecule has 0 amide bonds. The van der Waals surface area contributed by atoms with E-state index in [0.29, 0.717) is 5.92 Å². The highest BCUT2D eigenvalue weighted by atomic mass is 16.3. The summed E-state index contributed by atoms with van der Waals surface area (Å²) in [5.74, 6) is 0.373. The zero-order valence-corrected chi connectivity index (χ0v) is 7.67. The molecule has 0 saturated carbocycles. The maximum atomic E-state index is 8.80. The first-order valence-electron chi connectivity index (χ1n) is 4.13. The molecule has 64 valence electrons. The van der Waals surface area contributed by atoms with E-state index < -0.39 is 0 Å². The van der Waals surface area contributed by atoms with Crippen LogP contribution in [0.2, 0.25) is 0 Å². The molecule has 0 aromatic carbocycles. The van der Waals surface area contributed by atoms with E-state index in [1.165, 1.54) is 5.57 Å². The summed E-state index contributed by atoms with van der Waals surface area (Å²) in [4.78, 5) is 0. The van der Waals surface area contributed by atoms with Crippen molar-refractivity contribution in [2.24, 2.45) is 5.92 Å². The highest BCUT2D eigenvalue weighted by Crippen LogP contribution is 2.11. The summed E-state index contributed by atoms with van der Waals surface area (Å²) in [6.45, 7) is 6.36. The summed E-state index contributed by atoms with van der Waals surface area (Å²) in [7, 11) is 0. The third-order valence-electron chi connectivity index (χ3n) is 1.65. The summed E-state index contributed by atoms with van der Waals surface area (Å²) in [5.41, 5.74) is 1.30. The van der Waals surface area contributed by atoms with Gasteiger partial charge in [0.2, 0.25) is 0 Å². The van der Waals surface area contributed by atoms with Crippen LogP contribution in [0.25, 0.3) is 0 Å². The van der Waals surface area contributed by atoms with Crippen LogP contribution in [-0.4, -0.2) is 11.7 Å². The van der Waals surface area contributed by atoms with Crippen molar-refractivity contribution in [3.63, 3.8) is 0 Å². The molecule has 1 N–H and O–H groups in total. The highest BCUT2D eigenvalue weighted by molar-refractivity contribution is 5.17. The summed E-state index contributed by atoms with van der Waals surface area (Å²) in [6.07, 6.45) is 7.18. The van der Waals surface area contributed by atoms with Gasteiger partial charge in [-0.05, 0) is 26.2 Å². The van der Waals surface area contributed by atoms with Crippen molar-refractivity contribution in [2.75, 3.05) is 6.61 Å². The summed E-state index contributed by atoms with van der Waals surface area (Å²) >= 11 is 0. The van der Waals surface area contributed by atoms with E-state index in [1.807, 2.05) is 26.8 Å². The summed E-state index contributed by atoms with van der Waals surface area (Å²) in [6, 6.07) is 0. The van der Waals surface area contributed by atoms with Gasteiger partial charge in [-0.1, -0.05) is 30.7 Å². The van der Waals surface area contributed by atoms with Gasteiger partial charge in [0.1, 0.15) is 0 Å². The van der Waals surface area contributed by atoms with Crippen molar-refractivity contribution in [2.45, 2.75) is 27.2 Å². The Morgan fingerprint density at radius 1 is 1.45 bits per heavy atom. The predicted molar refractivity (Wildman–Crippen MR) is 49.4 cm³/mol. The van der Waals surface area contributed by atoms with Crippen LogP contribution in [0.15, 0.2) is 23.8 Å². The Bertz CT molecular complexity index is 145. The number of rotatable bonds is 4. The number of allylic oxidation sites excluding steroid dienone is 4. The van der Waals surface area contributed by atoms with Crippen LogP contribution >= 0.6 is 0 Å². The fourth-order valence-corrected chi connectivity index (χ4v) is 0.963. The average molecular weight is 154 g/mol. The predicted octanol–water partition coefficient (Wildman–Crippen LogP) is 2.53. The molecule has 1 nitrogen and oxygen atoms in total. The number of hydrogen-bond donors (Lipinski definition) is 1. The molecule has 1 unspecified atom stereocenters. The van der Waals surface area contributed by atoms with Gasteiger partial charge in [0.25, 0.3) is 0 Å². The highest BCUT2D eigenvalue weighted by Gasteiger charge is 2.00. The largest absolute Gasteiger partial charge is 0.396 e. The van der Waals surface area contributed by atoms with Gasteiger partial charge in [-0.15, -0.1) is 0 Å². The SMILES string of the molecule is C/C=C\C(=C/C)CC(C)CO. The van der Waals surface area contributed by atoms with Crippen LogP contribution < -0.4 is 0 Å². The van der Waals surface area contributed by atoms with Gasteiger partial charge in [-0.25, -0.2) is 0 Å². The lowest BCUT2D eigenvalue weighted by molar-refractivity contribution is 0.237. The van der Waals surface area contributed by atoms with E-state index in [-0.39, 0.29) is 6.61 Å². The molecule has 11 heavy (non-hydrogen) atoms. The van der Waals surface area contributed by atoms with Crippen molar-refractivity contribution < 1.29 is 5.11 Å². The topological polar surface area (TPSA) is 20.2 Å². The van der Waals surface area contributed by atoms with Gasteiger partial charge in [0.05, 0.1) is 0 Å². The molecule has 0 rings (SSSR count).